The number of aliphatic hydroxyl groups excluding tert-OH is 2. The molecule has 0 saturated heterocycles. The van der Waals surface area contributed by atoms with Crippen LogP contribution in [0.2, 0.25) is 0 Å². The Balaban J connectivity index is 1.35. The minimum absolute atomic E-state index is 0.0503. The molecule has 0 bridgehead atoms. The maximum atomic E-state index is 12.8. The van der Waals surface area contributed by atoms with E-state index in [1.165, 1.54) is 0 Å². The Hall–Kier alpha value is -2.88. The first-order valence-electron chi connectivity index (χ1n) is 10.6. The molecule has 0 aliphatic heterocycles. The van der Waals surface area contributed by atoms with Crippen LogP contribution in [0.25, 0.3) is 22.3 Å². The van der Waals surface area contributed by atoms with Crippen molar-refractivity contribution in [3.63, 3.8) is 0 Å². The van der Waals surface area contributed by atoms with Gasteiger partial charge in [0, 0.05) is 0 Å². The molecule has 162 valence electrons. The van der Waals surface area contributed by atoms with E-state index >= 15 is 0 Å². The van der Waals surface area contributed by atoms with E-state index in [1.54, 1.807) is 0 Å². The number of hydrogen-bond acceptors (Lipinski definition) is 3. The minimum atomic E-state index is -2.02. The first-order valence-corrected chi connectivity index (χ1v) is 13.7. The maximum absolute atomic E-state index is 12.8. The Kier molecular flexibility index (Phi) is 7.41. The molecule has 0 amide bonds. The van der Waals surface area contributed by atoms with Gasteiger partial charge >= 0.3 is 193 Å². The molecule has 0 atom stereocenters. The average molecular weight is 489 g/mol. The van der Waals surface area contributed by atoms with Crippen molar-refractivity contribution in [1.82, 2.24) is 0 Å². The molecule has 4 aromatic carbocycles. The predicted octanol–water partition coefficient (Wildman–Crippen LogP) is 5.29. The van der Waals surface area contributed by atoms with Crippen molar-refractivity contribution < 1.29 is 14.0 Å². The number of rotatable bonds is 8. The standard InChI is InChI=1S/C28H26O3Se/c29-17-21-1-9-25(10-2-21)27-13-5-23(6-14-27)19-32(31)20-24-7-15-28(16-8-24)26-11-3-22(18-30)4-12-26/h1-16,29-30H,17-20H2. The van der Waals surface area contributed by atoms with Crippen LogP contribution in [0.5, 0.6) is 0 Å². The Morgan fingerprint density at radius 1 is 0.438 bits per heavy atom. The average Bonchev–Trinajstić information content (AvgIpc) is 2.85. The summed E-state index contributed by atoms with van der Waals surface area (Å²) in [5.74, 6) is 0. The zero-order valence-corrected chi connectivity index (χ0v) is 19.5. The van der Waals surface area contributed by atoms with Gasteiger partial charge in [0.2, 0.25) is 0 Å². The molecule has 32 heavy (non-hydrogen) atoms. The number of aliphatic hydroxyl groups is 2. The quantitative estimate of drug-likeness (QED) is 0.331. The van der Waals surface area contributed by atoms with E-state index in [0.717, 1.165) is 44.5 Å². The second-order valence-electron chi connectivity index (χ2n) is 7.83. The zero-order chi connectivity index (χ0) is 22.3. The van der Waals surface area contributed by atoms with Gasteiger partial charge in [0.1, 0.15) is 0 Å². The fourth-order valence-corrected chi connectivity index (χ4v) is 6.20. The molecular weight excluding hydrogens is 463 g/mol. The van der Waals surface area contributed by atoms with Gasteiger partial charge in [-0.1, -0.05) is 0 Å². The zero-order valence-electron chi connectivity index (χ0n) is 17.8. The van der Waals surface area contributed by atoms with Gasteiger partial charge in [-0.15, -0.1) is 0 Å². The Morgan fingerprint density at radius 2 is 0.688 bits per heavy atom. The topological polar surface area (TPSA) is 57.5 Å². The summed E-state index contributed by atoms with van der Waals surface area (Å²) < 4.78 is 12.8. The van der Waals surface area contributed by atoms with Gasteiger partial charge < -0.3 is 0 Å². The van der Waals surface area contributed by atoms with Gasteiger partial charge in [0.05, 0.1) is 0 Å². The van der Waals surface area contributed by atoms with Crippen LogP contribution in [0.1, 0.15) is 22.3 Å². The van der Waals surface area contributed by atoms with Crippen LogP contribution in [-0.4, -0.2) is 24.0 Å². The summed E-state index contributed by atoms with van der Waals surface area (Å²) in [5, 5.41) is 19.6. The molecule has 0 unspecified atom stereocenters. The van der Waals surface area contributed by atoms with Gasteiger partial charge in [-0.25, -0.2) is 0 Å². The van der Waals surface area contributed by atoms with Gasteiger partial charge in [-0.3, -0.25) is 0 Å². The van der Waals surface area contributed by atoms with Crippen molar-refractivity contribution in [2.75, 3.05) is 0 Å². The van der Waals surface area contributed by atoms with Crippen LogP contribution in [-0.2, 0) is 27.7 Å². The van der Waals surface area contributed by atoms with Crippen LogP contribution >= 0.6 is 0 Å². The SMILES string of the molecule is O=[Se](Cc1ccc(-c2ccc(CO)cc2)cc1)Cc1ccc(-c2ccc(CO)cc2)cc1. The third kappa shape index (κ3) is 5.67. The van der Waals surface area contributed by atoms with Gasteiger partial charge in [-0.05, 0) is 0 Å². The van der Waals surface area contributed by atoms with Gasteiger partial charge in [-0.2, -0.15) is 0 Å². The number of hydrogen-bond donors (Lipinski definition) is 2. The summed E-state index contributed by atoms with van der Waals surface area (Å²) >= 11 is -2.02. The second kappa shape index (κ2) is 10.6. The van der Waals surface area contributed by atoms with Crippen molar-refractivity contribution in [2.45, 2.75) is 23.9 Å². The molecule has 0 saturated carbocycles. The van der Waals surface area contributed by atoms with Crippen LogP contribution in [0.3, 0.4) is 0 Å². The molecule has 2 N–H and O–H groups in total. The Labute approximate surface area is 193 Å². The Bertz CT molecular complexity index is 1070. The third-order valence-electron chi connectivity index (χ3n) is 5.50. The fraction of sp³-hybridized carbons (Fsp3) is 0.143. The van der Waals surface area contributed by atoms with Crippen LogP contribution < -0.4 is 0 Å². The van der Waals surface area contributed by atoms with E-state index in [9.17, 15) is 14.0 Å². The molecule has 4 heteroatoms. The summed E-state index contributed by atoms with van der Waals surface area (Å²) in [4.78, 5) is 0. The van der Waals surface area contributed by atoms with E-state index in [4.69, 9.17) is 0 Å². The molecule has 0 aromatic heterocycles. The normalized spacial score (nSPS) is 11.1. The molecule has 3 nitrogen and oxygen atoms in total. The van der Waals surface area contributed by atoms with Crippen molar-refractivity contribution in [2.24, 2.45) is 0 Å². The summed E-state index contributed by atoms with van der Waals surface area (Å²) in [6.45, 7) is 0.101. The third-order valence-corrected chi connectivity index (χ3v) is 8.25. The van der Waals surface area contributed by atoms with Crippen LogP contribution in [0.15, 0.2) is 97.1 Å². The van der Waals surface area contributed by atoms with E-state index in [0.29, 0.717) is 10.6 Å². The van der Waals surface area contributed by atoms with Crippen LogP contribution in [0, 0.1) is 0 Å². The summed E-state index contributed by atoms with van der Waals surface area (Å²) in [6.07, 6.45) is 0. The molecule has 0 radical (unpaired) electrons. The van der Waals surface area contributed by atoms with Crippen molar-refractivity contribution in [1.29, 1.82) is 0 Å². The van der Waals surface area contributed by atoms with E-state index < -0.39 is 13.8 Å². The summed E-state index contributed by atoms with van der Waals surface area (Å²) in [5.41, 5.74) is 8.44. The second-order valence-corrected chi connectivity index (χ2v) is 10.9. The molecule has 0 aliphatic rings. The van der Waals surface area contributed by atoms with E-state index in [-0.39, 0.29) is 13.2 Å². The monoisotopic (exact) mass is 490 g/mol. The van der Waals surface area contributed by atoms with Crippen molar-refractivity contribution in [3.8, 4) is 22.3 Å². The molecule has 0 heterocycles. The van der Waals surface area contributed by atoms with Crippen molar-refractivity contribution in [3.05, 3.63) is 119 Å². The molecular formula is C28H26O3Se. The predicted molar refractivity (Wildman–Crippen MR) is 129 cm³/mol. The molecule has 4 rings (SSSR count). The van der Waals surface area contributed by atoms with Crippen molar-refractivity contribution >= 4 is 13.8 Å². The molecule has 4 aromatic rings. The van der Waals surface area contributed by atoms with Gasteiger partial charge in [0.15, 0.2) is 0 Å². The molecule has 0 fully saturated rings. The Morgan fingerprint density at radius 3 is 0.938 bits per heavy atom. The number of benzene rings is 4. The molecule has 0 aliphatic carbocycles. The van der Waals surface area contributed by atoms with E-state index in [1.807, 2.05) is 48.5 Å². The van der Waals surface area contributed by atoms with Gasteiger partial charge in [0.25, 0.3) is 0 Å². The molecule has 0 spiro atoms. The summed E-state index contributed by atoms with van der Waals surface area (Å²) in [6, 6.07) is 32.3. The first-order chi connectivity index (χ1) is 15.6. The van der Waals surface area contributed by atoms with Crippen LogP contribution in [0.4, 0.5) is 0 Å². The van der Waals surface area contributed by atoms with E-state index in [2.05, 4.69) is 48.5 Å². The first kappa shape index (κ1) is 22.3. The summed E-state index contributed by atoms with van der Waals surface area (Å²) in [7, 11) is 0. The fourth-order valence-electron chi connectivity index (χ4n) is 3.61.